The molecular weight excluding hydrogens is 597 g/mol. The highest BCUT2D eigenvalue weighted by atomic mass is 35.5. The Morgan fingerprint density at radius 3 is 2.17 bits per heavy atom. The Morgan fingerprint density at radius 1 is 0.881 bits per heavy atom. The van der Waals surface area contributed by atoms with Crippen LogP contribution >= 0.6 is 23.2 Å². The number of sulfonamides is 1. The van der Waals surface area contributed by atoms with Gasteiger partial charge in [0.2, 0.25) is 21.8 Å². The lowest BCUT2D eigenvalue weighted by molar-refractivity contribution is -0.140. The molecule has 0 aliphatic heterocycles. The van der Waals surface area contributed by atoms with Gasteiger partial charge in [-0.25, -0.2) is 8.42 Å². The summed E-state index contributed by atoms with van der Waals surface area (Å²) in [6.07, 6.45) is 1.18. The molecule has 0 saturated carbocycles. The summed E-state index contributed by atoms with van der Waals surface area (Å²) in [5.74, 6) is -1.06. The smallest absolute Gasteiger partial charge is 0.244 e. The number of anilines is 1. The molecule has 3 rings (SSSR count). The van der Waals surface area contributed by atoms with Crippen molar-refractivity contribution in [1.82, 2.24) is 10.2 Å². The molecule has 1 N–H and O–H groups in total. The predicted molar refractivity (Wildman–Crippen MR) is 167 cm³/mol. The number of rotatable bonds is 13. The van der Waals surface area contributed by atoms with Crippen LogP contribution in [0.15, 0.2) is 72.8 Å². The third kappa shape index (κ3) is 9.31. The van der Waals surface area contributed by atoms with E-state index >= 15 is 0 Å². The molecule has 0 aliphatic carbocycles. The molecule has 8 nitrogen and oxygen atoms in total. The molecule has 0 radical (unpaired) electrons. The second-order valence-electron chi connectivity index (χ2n) is 10.5. The second-order valence-corrected chi connectivity index (χ2v) is 13.2. The van der Waals surface area contributed by atoms with E-state index in [-0.39, 0.29) is 41.3 Å². The van der Waals surface area contributed by atoms with Crippen LogP contribution in [0.25, 0.3) is 0 Å². The number of amides is 2. The number of Topliss-reactive ketones (excluding diaryl/α,β-unsaturated/α-hetero) is 1. The monoisotopic (exact) mass is 631 g/mol. The summed E-state index contributed by atoms with van der Waals surface area (Å²) in [6, 6.07) is 19.3. The van der Waals surface area contributed by atoms with Crippen molar-refractivity contribution in [3.8, 4) is 0 Å². The zero-order valence-corrected chi connectivity index (χ0v) is 26.3. The van der Waals surface area contributed by atoms with E-state index in [0.29, 0.717) is 22.7 Å². The van der Waals surface area contributed by atoms with Gasteiger partial charge in [0.05, 0.1) is 22.0 Å². The lowest BCUT2D eigenvalue weighted by atomic mass is 10.0. The third-order valence-electron chi connectivity index (χ3n) is 6.51. The van der Waals surface area contributed by atoms with E-state index in [9.17, 15) is 22.8 Å². The Hall–Kier alpha value is -3.40. The average Bonchev–Trinajstić information content (AvgIpc) is 2.94. The fraction of sp³-hybridized carbons (Fsp3) is 0.323. The SMILES string of the molecule is CC(=O)c1cccc(N(CC(=O)N(Cc2ccc(Cl)c(Cl)c2)[C@@H](Cc2ccccc2)C(=O)NCC(C)C)S(C)(=O)=O)c1. The summed E-state index contributed by atoms with van der Waals surface area (Å²) in [5, 5.41) is 3.55. The van der Waals surface area contributed by atoms with Crippen LogP contribution in [0.4, 0.5) is 5.69 Å². The Labute approximate surface area is 257 Å². The predicted octanol–water partition coefficient (Wildman–Crippen LogP) is 5.37. The zero-order chi connectivity index (χ0) is 31.0. The standard InChI is InChI=1S/C31H35Cl2N3O5S/c1-21(2)18-34-31(39)29(16-23-9-6-5-7-10-23)35(19-24-13-14-27(32)28(33)15-24)30(38)20-36(42(4,40)41)26-12-8-11-25(17-26)22(3)37/h5-15,17,21,29H,16,18-20H2,1-4H3,(H,34,39)/t29-/m0/s1. The Kier molecular flexibility index (Phi) is 11.6. The highest BCUT2D eigenvalue weighted by molar-refractivity contribution is 7.92. The number of halogens is 2. The second kappa shape index (κ2) is 14.7. The number of hydrogen-bond donors (Lipinski definition) is 1. The molecular formula is C31H35Cl2N3O5S. The van der Waals surface area contributed by atoms with E-state index in [1.807, 2.05) is 44.2 Å². The number of hydrogen-bond acceptors (Lipinski definition) is 5. The Balaban J connectivity index is 2.08. The number of benzene rings is 3. The topological polar surface area (TPSA) is 104 Å². The molecule has 0 aromatic heterocycles. The van der Waals surface area contributed by atoms with Gasteiger partial charge in [0.25, 0.3) is 0 Å². The van der Waals surface area contributed by atoms with Crippen molar-refractivity contribution in [3.63, 3.8) is 0 Å². The van der Waals surface area contributed by atoms with Gasteiger partial charge in [-0.05, 0) is 48.2 Å². The Bertz CT molecular complexity index is 1530. The van der Waals surface area contributed by atoms with Gasteiger partial charge in [-0.1, -0.05) is 85.6 Å². The minimum absolute atomic E-state index is 0.0343. The number of carbonyl (C=O) groups is 3. The van der Waals surface area contributed by atoms with Crippen LogP contribution in [0, 0.1) is 5.92 Å². The molecule has 2 amide bonds. The summed E-state index contributed by atoms with van der Waals surface area (Å²) < 4.78 is 26.8. The largest absolute Gasteiger partial charge is 0.354 e. The van der Waals surface area contributed by atoms with Crippen LogP contribution < -0.4 is 9.62 Å². The molecule has 224 valence electrons. The Morgan fingerprint density at radius 2 is 1.57 bits per heavy atom. The molecule has 0 aliphatic rings. The first-order valence-electron chi connectivity index (χ1n) is 13.4. The maximum Gasteiger partial charge on any atom is 0.244 e. The molecule has 0 heterocycles. The summed E-state index contributed by atoms with van der Waals surface area (Å²) in [4.78, 5) is 41.2. The molecule has 0 saturated heterocycles. The van der Waals surface area contributed by atoms with E-state index in [4.69, 9.17) is 23.2 Å². The summed E-state index contributed by atoms with van der Waals surface area (Å²) >= 11 is 12.4. The van der Waals surface area contributed by atoms with E-state index in [1.165, 1.54) is 24.0 Å². The van der Waals surface area contributed by atoms with Crippen molar-refractivity contribution in [2.24, 2.45) is 5.92 Å². The summed E-state index contributed by atoms with van der Waals surface area (Å²) in [6.45, 7) is 5.07. The quantitative estimate of drug-likeness (QED) is 0.255. The zero-order valence-electron chi connectivity index (χ0n) is 24.0. The van der Waals surface area contributed by atoms with E-state index < -0.39 is 28.5 Å². The summed E-state index contributed by atoms with van der Waals surface area (Å²) in [7, 11) is -3.97. The highest BCUT2D eigenvalue weighted by Gasteiger charge is 2.33. The van der Waals surface area contributed by atoms with Crippen LogP contribution in [-0.2, 0) is 32.6 Å². The molecule has 3 aromatic rings. The molecule has 0 spiro atoms. The number of ketones is 1. The number of carbonyl (C=O) groups excluding carboxylic acids is 3. The van der Waals surface area contributed by atoms with Gasteiger partial charge in [-0.15, -0.1) is 0 Å². The van der Waals surface area contributed by atoms with Crippen LogP contribution in [0.3, 0.4) is 0 Å². The maximum absolute atomic E-state index is 14.1. The number of nitrogens with one attached hydrogen (secondary N) is 1. The molecule has 1 atom stereocenters. The lowest BCUT2D eigenvalue weighted by Crippen LogP contribution is -2.53. The van der Waals surface area contributed by atoms with Gasteiger partial charge in [0.15, 0.2) is 5.78 Å². The fourth-order valence-corrected chi connectivity index (χ4v) is 5.47. The van der Waals surface area contributed by atoms with Crippen molar-refractivity contribution in [2.45, 2.75) is 39.8 Å². The van der Waals surface area contributed by atoms with Crippen LogP contribution in [0.2, 0.25) is 10.0 Å². The van der Waals surface area contributed by atoms with E-state index in [2.05, 4.69) is 5.32 Å². The first-order valence-corrected chi connectivity index (χ1v) is 16.0. The van der Waals surface area contributed by atoms with Crippen molar-refractivity contribution in [2.75, 3.05) is 23.7 Å². The van der Waals surface area contributed by atoms with Gasteiger partial charge in [-0.2, -0.15) is 0 Å². The van der Waals surface area contributed by atoms with Gasteiger partial charge >= 0.3 is 0 Å². The van der Waals surface area contributed by atoms with E-state index in [0.717, 1.165) is 16.1 Å². The first kappa shape index (κ1) is 33.1. The van der Waals surface area contributed by atoms with Gasteiger partial charge in [-0.3, -0.25) is 18.7 Å². The molecule has 0 bridgehead atoms. The van der Waals surface area contributed by atoms with Crippen molar-refractivity contribution >= 4 is 56.5 Å². The lowest BCUT2D eigenvalue weighted by Gasteiger charge is -2.33. The minimum atomic E-state index is -3.97. The molecule has 3 aromatic carbocycles. The van der Waals surface area contributed by atoms with E-state index in [1.54, 1.807) is 30.3 Å². The van der Waals surface area contributed by atoms with Crippen molar-refractivity contribution in [3.05, 3.63) is 99.5 Å². The highest BCUT2D eigenvalue weighted by Crippen LogP contribution is 2.25. The first-order chi connectivity index (χ1) is 19.8. The molecule has 0 fully saturated rings. The van der Waals surface area contributed by atoms with Gasteiger partial charge in [0, 0.05) is 25.1 Å². The van der Waals surface area contributed by atoms with Crippen molar-refractivity contribution < 1.29 is 22.8 Å². The van der Waals surface area contributed by atoms with Crippen LogP contribution in [0.1, 0.15) is 42.3 Å². The summed E-state index contributed by atoms with van der Waals surface area (Å²) in [5.41, 5.74) is 1.90. The van der Waals surface area contributed by atoms with Gasteiger partial charge in [0.1, 0.15) is 12.6 Å². The fourth-order valence-electron chi connectivity index (χ4n) is 4.30. The van der Waals surface area contributed by atoms with Gasteiger partial charge < -0.3 is 10.2 Å². The molecule has 11 heteroatoms. The van der Waals surface area contributed by atoms with Crippen LogP contribution in [-0.4, -0.2) is 56.3 Å². The molecule has 0 unspecified atom stereocenters. The normalized spacial score (nSPS) is 12.1. The average molecular weight is 633 g/mol. The minimum Gasteiger partial charge on any atom is -0.354 e. The third-order valence-corrected chi connectivity index (χ3v) is 8.39. The van der Waals surface area contributed by atoms with Crippen molar-refractivity contribution in [1.29, 1.82) is 0 Å². The maximum atomic E-state index is 14.1. The number of nitrogens with zero attached hydrogens (tertiary/aromatic N) is 2. The van der Waals surface area contributed by atoms with Crippen LogP contribution in [0.5, 0.6) is 0 Å². The molecule has 42 heavy (non-hydrogen) atoms.